The Kier molecular flexibility index (Phi) is 4.11. The number of methoxy groups -OCH3 is 1. The van der Waals surface area contributed by atoms with Gasteiger partial charge in [-0.2, -0.15) is 4.99 Å². The van der Waals surface area contributed by atoms with Gasteiger partial charge in [-0.25, -0.2) is 0 Å². The number of hydrogen-bond acceptors (Lipinski definition) is 4. The van der Waals surface area contributed by atoms with Crippen LogP contribution < -0.4 is 4.80 Å². The molecule has 0 radical (unpaired) electrons. The monoisotopic (exact) mass is 318 g/mol. The molecule has 0 spiro atoms. The summed E-state index contributed by atoms with van der Waals surface area (Å²) < 4.78 is 7.54. The van der Waals surface area contributed by atoms with Gasteiger partial charge in [0.25, 0.3) is 5.91 Å². The topological polar surface area (TPSA) is 60.7 Å². The molecule has 2 aromatic rings. The smallest absolute Gasteiger partial charge is 0.325 e. The van der Waals surface area contributed by atoms with E-state index in [0.29, 0.717) is 4.80 Å². The van der Waals surface area contributed by atoms with E-state index in [1.165, 1.54) is 18.4 Å². The zero-order valence-electron chi connectivity index (χ0n) is 12.7. The number of benzene rings is 1. The fourth-order valence-electron chi connectivity index (χ4n) is 2.45. The van der Waals surface area contributed by atoms with Crippen LogP contribution >= 0.6 is 11.3 Å². The van der Waals surface area contributed by atoms with Crippen molar-refractivity contribution < 1.29 is 14.3 Å². The van der Waals surface area contributed by atoms with Gasteiger partial charge in [-0.3, -0.25) is 9.59 Å². The van der Waals surface area contributed by atoms with Crippen molar-refractivity contribution in [3.8, 4) is 0 Å². The Labute approximate surface area is 132 Å². The first-order chi connectivity index (χ1) is 10.6. The lowest BCUT2D eigenvalue weighted by Gasteiger charge is -2.20. The summed E-state index contributed by atoms with van der Waals surface area (Å²) in [6.45, 7) is 2.08. The van der Waals surface area contributed by atoms with Gasteiger partial charge < -0.3 is 9.30 Å². The molecule has 0 saturated heterocycles. The summed E-state index contributed by atoms with van der Waals surface area (Å²) in [5, 5.41) is 0. The Balaban J connectivity index is 2.10. The molecule has 6 heteroatoms. The van der Waals surface area contributed by atoms with Crippen LogP contribution in [-0.2, 0) is 20.9 Å². The van der Waals surface area contributed by atoms with E-state index in [9.17, 15) is 9.59 Å². The Bertz CT molecular complexity index is 799. The molecule has 1 fully saturated rings. The molecule has 22 heavy (non-hydrogen) atoms. The zero-order valence-corrected chi connectivity index (χ0v) is 13.5. The van der Waals surface area contributed by atoms with Gasteiger partial charge in [-0.05, 0) is 37.5 Å². The van der Waals surface area contributed by atoms with E-state index in [4.69, 9.17) is 4.74 Å². The summed E-state index contributed by atoms with van der Waals surface area (Å²) in [5.74, 6) is -0.371. The standard InChI is InChI=1S/C16H18N2O3S/c1-10-6-7-12-13(8-10)22-16(18(12)9-14(19)21-2)17-15(20)11-4-3-5-11/h6-8,11H,3-5,9H2,1-2H3. The van der Waals surface area contributed by atoms with Crippen LogP contribution in [-0.4, -0.2) is 23.6 Å². The number of thiazole rings is 1. The van der Waals surface area contributed by atoms with Gasteiger partial charge in [0, 0.05) is 5.92 Å². The first kappa shape index (κ1) is 15.0. The molecule has 0 atom stereocenters. The highest BCUT2D eigenvalue weighted by Gasteiger charge is 2.25. The van der Waals surface area contributed by atoms with Gasteiger partial charge in [-0.15, -0.1) is 0 Å². The maximum Gasteiger partial charge on any atom is 0.325 e. The van der Waals surface area contributed by atoms with Gasteiger partial charge in [0.05, 0.1) is 17.3 Å². The fraction of sp³-hybridized carbons (Fsp3) is 0.438. The molecule has 1 aliphatic rings. The Morgan fingerprint density at radius 2 is 2.18 bits per heavy atom. The first-order valence-corrected chi connectivity index (χ1v) is 8.15. The van der Waals surface area contributed by atoms with Crippen LogP contribution in [0.5, 0.6) is 0 Å². The lowest BCUT2D eigenvalue weighted by atomic mass is 9.85. The molecule has 1 saturated carbocycles. The van der Waals surface area contributed by atoms with Crippen LogP contribution in [0.1, 0.15) is 24.8 Å². The molecule has 0 N–H and O–H groups in total. The van der Waals surface area contributed by atoms with Gasteiger partial charge >= 0.3 is 5.97 Å². The molecule has 1 heterocycles. The van der Waals surface area contributed by atoms with Crippen molar-refractivity contribution in [2.75, 3.05) is 7.11 Å². The Morgan fingerprint density at radius 3 is 2.82 bits per heavy atom. The zero-order chi connectivity index (χ0) is 15.7. The van der Waals surface area contributed by atoms with Gasteiger partial charge in [0.1, 0.15) is 6.54 Å². The number of aryl methyl sites for hydroxylation is 1. The SMILES string of the molecule is COC(=O)Cn1c(=NC(=O)C2CCC2)sc2cc(C)ccc21. The number of esters is 1. The molecule has 1 amide bonds. The number of fused-ring (bicyclic) bond motifs is 1. The average Bonchev–Trinajstić information content (AvgIpc) is 2.73. The first-order valence-electron chi connectivity index (χ1n) is 7.34. The van der Waals surface area contributed by atoms with Crippen LogP contribution in [0.3, 0.4) is 0 Å². The number of carbonyl (C=O) groups excluding carboxylic acids is 2. The molecule has 1 aromatic heterocycles. The third kappa shape index (κ3) is 2.83. The van der Waals surface area contributed by atoms with E-state index in [1.807, 2.05) is 25.1 Å². The van der Waals surface area contributed by atoms with E-state index in [-0.39, 0.29) is 24.3 Å². The molecule has 116 valence electrons. The number of aromatic nitrogens is 1. The number of rotatable bonds is 3. The van der Waals surface area contributed by atoms with Crippen LogP contribution in [0, 0.1) is 12.8 Å². The van der Waals surface area contributed by atoms with E-state index >= 15 is 0 Å². The largest absolute Gasteiger partial charge is 0.468 e. The summed E-state index contributed by atoms with van der Waals surface area (Å²) in [6, 6.07) is 5.98. The predicted octanol–water partition coefficient (Wildman–Crippen LogP) is 2.41. The molecule has 1 aromatic carbocycles. The minimum Gasteiger partial charge on any atom is -0.468 e. The normalized spacial score (nSPS) is 15.8. The summed E-state index contributed by atoms with van der Waals surface area (Å²) in [7, 11) is 1.36. The maximum atomic E-state index is 12.2. The Hall–Kier alpha value is -1.95. The summed E-state index contributed by atoms with van der Waals surface area (Å²) in [4.78, 5) is 28.7. The minimum atomic E-state index is -0.349. The molecule has 1 aliphatic carbocycles. The maximum absolute atomic E-state index is 12.2. The van der Waals surface area contributed by atoms with Crippen LogP contribution in [0.2, 0.25) is 0 Å². The van der Waals surface area contributed by atoms with Crippen molar-refractivity contribution in [1.29, 1.82) is 0 Å². The third-order valence-electron chi connectivity index (χ3n) is 4.01. The van der Waals surface area contributed by atoms with E-state index in [2.05, 4.69) is 4.99 Å². The molecule has 3 rings (SSSR count). The summed E-state index contributed by atoms with van der Waals surface area (Å²) in [5.41, 5.74) is 2.04. The second-order valence-electron chi connectivity index (χ2n) is 5.60. The van der Waals surface area contributed by atoms with Crippen molar-refractivity contribution >= 4 is 33.4 Å². The number of nitrogens with zero attached hydrogens (tertiary/aromatic N) is 2. The average molecular weight is 318 g/mol. The lowest BCUT2D eigenvalue weighted by Crippen LogP contribution is -2.26. The van der Waals surface area contributed by atoms with Gasteiger partial charge in [0.2, 0.25) is 0 Å². The molecular formula is C16H18N2O3S. The number of hydrogen-bond donors (Lipinski definition) is 0. The van der Waals surface area contributed by atoms with E-state index < -0.39 is 0 Å². The lowest BCUT2D eigenvalue weighted by molar-refractivity contribution is -0.141. The number of carbonyl (C=O) groups is 2. The molecular weight excluding hydrogens is 300 g/mol. The second-order valence-corrected chi connectivity index (χ2v) is 6.61. The molecule has 0 unspecified atom stereocenters. The Morgan fingerprint density at radius 1 is 1.41 bits per heavy atom. The highest BCUT2D eigenvalue weighted by Crippen LogP contribution is 2.27. The van der Waals surface area contributed by atoms with Crippen LogP contribution in [0.4, 0.5) is 0 Å². The minimum absolute atomic E-state index is 0.0542. The predicted molar refractivity (Wildman–Crippen MR) is 84.5 cm³/mol. The third-order valence-corrected chi connectivity index (χ3v) is 5.05. The highest BCUT2D eigenvalue weighted by molar-refractivity contribution is 7.16. The molecule has 5 nitrogen and oxygen atoms in total. The van der Waals surface area contributed by atoms with Crippen molar-refractivity contribution in [3.05, 3.63) is 28.6 Å². The molecule has 0 bridgehead atoms. The molecule has 0 aliphatic heterocycles. The van der Waals surface area contributed by atoms with E-state index in [0.717, 1.165) is 35.0 Å². The van der Waals surface area contributed by atoms with Gasteiger partial charge in [0.15, 0.2) is 4.80 Å². The van der Waals surface area contributed by atoms with Crippen LogP contribution in [0.25, 0.3) is 10.2 Å². The van der Waals surface area contributed by atoms with E-state index in [1.54, 1.807) is 4.57 Å². The van der Waals surface area contributed by atoms with Crippen molar-refractivity contribution in [2.45, 2.75) is 32.7 Å². The van der Waals surface area contributed by atoms with Crippen molar-refractivity contribution in [1.82, 2.24) is 4.57 Å². The second kappa shape index (κ2) is 6.04. The summed E-state index contributed by atoms with van der Waals surface area (Å²) in [6.07, 6.45) is 2.94. The fourth-order valence-corrected chi connectivity index (χ4v) is 3.59. The van der Waals surface area contributed by atoms with Gasteiger partial charge in [-0.1, -0.05) is 23.8 Å². The summed E-state index contributed by atoms with van der Waals surface area (Å²) >= 11 is 1.44. The highest BCUT2D eigenvalue weighted by atomic mass is 32.1. The van der Waals surface area contributed by atoms with Crippen molar-refractivity contribution in [3.63, 3.8) is 0 Å². The number of amides is 1. The van der Waals surface area contributed by atoms with Crippen LogP contribution in [0.15, 0.2) is 23.2 Å². The van der Waals surface area contributed by atoms with Crippen molar-refractivity contribution in [2.24, 2.45) is 10.9 Å². The number of ether oxygens (including phenoxy) is 1. The quantitative estimate of drug-likeness (QED) is 0.817.